The van der Waals surface area contributed by atoms with Crippen molar-refractivity contribution >= 4 is 29.0 Å². The Balaban J connectivity index is 1.92. The fourth-order valence-electron chi connectivity index (χ4n) is 2.04. The Kier molecular flexibility index (Phi) is 5.77. The molecule has 0 radical (unpaired) electrons. The van der Waals surface area contributed by atoms with Gasteiger partial charge in [-0.3, -0.25) is 4.79 Å². The number of benzene rings is 2. The first kappa shape index (κ1) is 18.2. The zero-order valence-corrected chi connectivity index (χ0v) is 14.0. The zero-order chi connectivity index (χ0) is 17.7. The number of carbonyl (C=O) groups excluding carboxylic acids is 1. The number of amides is 1. The van der Waals surface area contributed by atoms with Crippen LogP contribution >= 0.6 is 11.8 Å². The molecule has 0 saturated carbocycles. The number of nitrogens with one attached hydrogen (secondary N) is 1. The minimum atomic E-state index is -4.32. The third-order valence-corrected chi connectivity index (χ3v) is 3.93. The molecule has 2 rings (SSSR count). The number of hydrogen-bond acceptors (Lipinski definition) is 3. The molecule has 0 aromatic heterocycles. The predicted octanol–water partition coefficient (Wildman–Crippen LogP) is 4.55. The third-order valence-electron chi connectivity index (χ3n) is 3.19. The summed E-state index contributed by atoms with van der Waals surface area (Å²) in [4.78, 5) is 14.1. The molecule has 1 amide bonds. The van der Waals surface area contributed by atoms with E-state index in [9.17, 15) is 18.0 Å². The second-order valence-electron chi connectivity index (χ2n) is 5.36. The van der Waals surface area contributed by atoms with Crippen LogP contribution in [0.25, 0.3) is 0 Å². The summed E-state index contributed by atoms with van der Waals surface area (Å²) in [6.07, 6.45) is 0.201. The highest BCUT2D eigenvalue weighted by Gasteiger charge is 2.29. The summed E-state index contributed by atoms with van der Waals surface area (Å²) < 4.78 is 36.8. The summed E-state index contributed by atoms with van der Waals surface area (Å²) in [5.74, 6) is -0.219. The summed E-state index contributed by atoms with van der Waals surface area (Å²) in [5.41, 5.74) is -1.94. The van der Waals surface area contributed by atoms with Gasteiger partial charge < -0.3 is 10.2 Å². The molecular formula is C17H17F3N2OS. The van der Waals surface area contributed by atoms with Gasteiger partial charge in [-0.1, -0.05) is 12.1 Å². The minimum absolute atomic E-state index is 0.0831. The molecule has 2 aromatic rings. The van der Waals surface area contributed by atoms with Crippen molar-refractivity contribution in [1.29, 1.82) is 0 Å². The van der Waals surface area contributed by atoms with Gasteiger partial charge in [0.05, 0.1) is 6.42 Å². The van der Waals surface area contributed by atoms with Crippen molar-refractivity contribution in [2.24, 2.45) is 0 Å². The van der Waals surface area contributed by atoms with Crippen molar-refractivity contribution in [3.63, 3.8) is 0 Å². The molecule has 0 fully saturated rings. The van der Waals surface area contributed by atoms with Gasteiger partial charge >= 0.3 is 5.51 Å². The van der Waals surface area contributed by atoms with Crippen molar-refractivity contribution in [2.75, 3.05) is 24.3 Å². The molecule has 0 aliphatic heterocycles. The van der Waals surface area contributed by atoms with Crippen LogP contribution in [0, 0.1) is 0 Å². The Bertz CT molecular complexity index is 682. The van der Waals surface area contributed by atoms with Gasteiger partial charge in [0.2, 0.25) is 5.91 Å². The van der Waals surface area contributed by atoms with E-state index in [1.165, 1.54) is 24.3 Å². The van der Waals surface area contributed by atoms with Crippen LogP contribution in [0.3, 0.4) is 0 Å². The SMILES string of the molecule is CN(C)c1ccc(CC(=O)Nc2ccc(SC(F)(F)F)cc2)cc1. The van der Waals surface area contributed by atoms with E-state index in [-0.39, 0.29) is 29.0 Å². The molecule has 1 N–H and O–H groups in total. The van der Waals surface area contributed by atoms with Crippen molar-refractivity contribution < 1.29 is 18.0 Å². The standard InChI is InChI=1S/C17H17F3N2OS/c1-22(2)14-7-3-12(4-8-14)11-16(23)21-13-5-9-15(10-6-13)24-17(18,19)20/h3-10H,11H2,1-2H3,(H,21,23). The smallest absolute Gasteiger partial charge is 0.378 e. The normalized spacial score (nSPS) is 11.2. The average Bonchev–Trinajstić information content (AvgIpc) is 2.48. The first-order valence-electron chi connectivity index (χ1n) is 7.15. The fourth-order valence-corrected chi connectivity index (χ4v) is 2.58. The number of rotatable bonds is 5. The van der Waals surface area contributed by atoms with Crippen molar-refractivity contribution in [1.82, 2.24) is 0 Å². The second-order valence-corrected chi connectivity index (χ2v) is 6.50. The average molecular weight is 354 g/mol. The molecule has 0 atom stereocenters. The number of thioether (sulfide) groups is 1. The Morgan fingerprint density at radius 1 is 1.04 bits per heavy atom. The van der Waals surface area contributed by atoms with E-state index >= 15 is 0 Å². The topological polar surface area (TPSA) is 32.3 Å². The van der Waals surface area contributed by atoms with E-state index in [1.807, 2.05) is 43.3 Å². The molecule has 0 saturated heterocycles. The number of halogens is 3. The highest BCUT2D eigenvalue weighted by atomic mass is 32.2. The van der Waals surface area contributed by atoms with Gasteiger partial charge in [-0.2, -0.15) is 13.2 Å². The van der Waals surface area contributed by atoms with Crippen LogP contribution in [0.1, 0.15) is 5.56 Å². The lowest BCUT2D eigenvalue weighted by atomic mass is 10.1. The lowest BCUT2D eigenvalue weighted by Crippen LogP contribution is -2.14. The largest absolute Gasteiger partial charge is 0.446 e. The summed E-state index contributed by atoms with van der Waals surface area (Å²) >= 11 is -0.182. The number of alkyl halides is 3. The maximum Gasteiger partial charge on any atom is 0.446 e. The Labute approximate surface area is 142 Å². The van der Waals surface area contributed by atoms with E-state index in [0.717, 1.165) is 11.3 Å². The summed E-state index contributed by atoms with van der Waals surface area (Å²) in [6.45, 7) is 0. The first-order valence-corrected chi connectivity index (χ1v) is 7.96. The predicted molar refractivity (Wildman–Crippen MR) is 91.5 cm³/mol. The fraction of sp³-hybridized carbons (Fsp3) is 0.235. The van der Waals surface area contributed by atoms with E-state index in [2.05, 4.69) is 5.32 Å². The van der Waals surface area contributed by atoms with Crippen LogP contribution in [0.4, 0.5) is 24.5 Å². The first-order chi connectivity index (χ1) is 11.2. The van der Waals surface area contributed by atoms with E-state index in [1.54, 1.807) is 0 Å². The van der Waals surface area contributed by atoms with Gasteiger partial charge in [-0.25, -0.2) is 0 Å². The molecular weight excluding hydrogens is 337 g/mol. The quantitative estimate of drug-likeness (QED) is 0.800. The Hall–Kier alpha value is -2.15. The van der Waals surface area contributed by atoms with Gasteiger partial charge in [-0.05, 0) is 53.7 Å². The number of nitrogens with zero attached hydrogens (tertiary/aromatic N) is 1. The molecule has 7 heteroatoms. The lowest BCUT2D eigenvalue weighted by Gasteiger charge is -2.12. The van der Waals surface area contributed by atoms with Gasteiger partial charge in [0.25, 0.3) is 0 Å². The molecule has 0 spiro atoms. The Morgan fingerprint density at radius 3 is 2.12 bits per heavy atom. The van der Waals surface area contributed by atoms with Crippen molar-refractivity contribution in [3.05, 3.63) is 54.1 Å². The van der Waals surface area contributed by atoms with Crippen LogP contribution in [0.5, 0.6) is 0 Å². The molecule has 3 nitrogen and oxygen atoms in total. The summed E-state index contributed by atoms with van der Waals surface area (Å²) in [5, 5.41) is 2.68. The highest BCUT2D eigenvalue weighted by molar-refractivity contribution is 8.00. The van der Waals surface area contributed by atoms with Crippen LogP contribution in [0.2, 0.25) is 0 Å². The van der Waals surface area contributed by atoms with Gasteiger partial charge in [-0.15, -0.1) is 0 Å². The second kappa shape index (κ2) is 7.61. The van der Waals surface area contributed by atoms with E-state index < -0.39 is 5.51 Å². The number of hydrogen-bond donors (Lipinski definition) is 1. The highest BCUT2D eigenvalue weighted by Crippen LogP contribution is 2.37. The lowest BCUT2D eigenvalue weighted by molar-refractivity contribution is -0.115. The third kappa shape index (κ3) is 5.81. The zero-order valence-electron chi connectivity index (χ0n) is 13.2. The maximum absolute atomic E-state index is 12.3. The van der Waals surface area contributed by atoms with E-state index in [4.69, 9.17) is 0 Å². The van der Waals surface area contributed by atoms with Gasteiger partial charge in [0.15, 0.2) is 0 Å². The molecule has 0 unspecified atom stereocenters. The summed E-state index contributed by atoms with van der Waals surface area (Å²) in [6, 6.07) is 13.2. The van der Waals surface area contributed by atoms with Crippen LogP contribution < -0.4 is 10.2 Å². The molecule has 0 aliphatic rings. The molecule has 0 heterocycles. The molecule has 0 bridgehead atoms. The summed E-state index contributed by atoms with van der Waals surface area (Å²) in [7, 11) is 3.87. The Morgan fingerprint density at radius 2 is 1.62 bits per heavy atom. The van der Waals surface area contributed by atoms with Crippen LogP contribution in [-0.4, -0.2) is 25.5 Å². The van der Waals surface area contributed by atoms with Crippen LogP contribution in [0.15, 0.2) is 53.4 Å². The van der Waals surface area contributed by atoms with E-state index in [0.29, 0.717) is 5.69 Å². The molecule has 2 aromatic carbocycles. The minimum Gasteiger partial charge on any atom is -0.378 e. The maximum atomic E-state index is 12.3. The number of carbonyl (C=O) groups is 1. The van der Waals surface area contributed by atoms with Crippen molar-refractivity contribution in [2.45, 2.75) is 16.8 Å². The van der Waals surface area contributed by atoms with Gasteiger partial charge in [0, 0.05) is 30.4 Å². The monoisotopic (exact) mass is 354 g/mol. The number of anilines is 2. The van der Waals surface area contributed by atoms with Gasteiger partial charge in [0.1, 0.15) is 0 Å². The van der Waals surface area contributed by atoms with Crippen LogP contribution in [-0.2, 0) is 11.2 Å². The molecule has 24 heavy (non-hydrogen) atoms. The molecule has 0 aliphatic carbocycles. The molecule has 128 valence electrons. The van der Waals surface area contributed by atoms with Crippen molar-refractivity contribution in [3.8, 4) is 0 Å².